The Kier molecular flexibility index (Phi) is 3.14. The zero-order valence-corrected chi connectivity index (χ0v) is 12.4. The van der Waals surface area contributed by atoms with E-state index >= 15 is 0 Å². The lowest BCUT2D eigenvalue weighted by Crippen LogP contribution is -2.51. The zero-order valence-electron chi connectivity index (χ0n) is 12.4. The summed E-state index contributed by atoms with van der Waals surface area (Å²) in [4.78, 5) is 5.05. The highest BCUT2D eigenvalue weighted by Gasteiger charge is 2.51. The normalized spacial score (nSPS) is 37.6. The Bertz CT molecular complexity index is 502. The van der Waals surface area contributed by atoms with Crippen LogP contribution in [0.2, 0.25) is 0 Å². The van der Waals surface area contributed by atoms with Gasteiger partial charge in [0.05, 0.1) is 5.54 Å². The second-order valence-corrected chi connectivity index (χ2v) is 7.24. The van der Waals surface area contributed by atoms with Crippen LogP contribution in [0.25, 0.3) is 0 Å². The predicted molar refractivity (Wildman–Crippen MR) is 85.7 cm³/mol. The van der Waals surface area contributed by atoms with E-state index in [0.717, 1.165) is 23.4 Å². The summed E-state index contributed by atoms with van der Waals surface area (Å²) in [5.74, 6) is 9.11. The predicted octanol–water partition coefficient (Wildman–Crippen LogP) is 2.89. The molecule has 4 N–H and O–H groups in total. The molecular weight excluding hydrogens is 260 g/mol. The van der Waals surface area contributed by atoms with Crippen LogP contribution in [0.15, 0.2) is 35.3 Å². The number of hydrogen-bond acceptors (Lipinski definition) is 2. The van der Waals surface area contributed by atoms with Crippen molar-refractivity contribution in [2.24, 2.45) is 28.6 Å². The molecule has 4 saturated carbocycles. The van der Waals surface area contributed by atoms with Gasteiger partial charge in [0.25, 0.3) is 0 Å². The van der Waals surface area contributed by atoms with E-state index in [1.807, 2.05) is 30.3 Å². The van der Waals surface area contributed by atoms with E-state index in [1.54, 1.807) is 0 Å². The lowest BCUT2D eigenvalue weighted by Gasteiger charge is -2.55. The summed E-state index contributed by atoms with van der Waals surface area (Å²) in [6, 6.07) is 10.1. The van der Waals surface area contributed by atoms with Crippen molar-refractivity contribution in [3.05, 3.63) is 30.3 Å². The van der Waals surface area contributed by atoms with E-state index < -0.39 is 0 Å². The number of aliphatic imine (C=N–C) groups is 1. The molecule has 1 aromatic rings. The number of hydrogen-bond donors (Lipinski definition) is 3. The average Bonchev–Trinajstić information content (AvgIpc) is 2.46. The molecule has 0 unspecified atom stereocenters. The van der Waals surface area contributed by atoms with E-state index in [9.17, 15) is 0 Å². The monoisotopic (exact) mass is 284 g/mol. The quantitative estimate of drug-likeness (QED) is 0.339. The molecule has 0 aromatic heterocycles. The van der Waals surface area contributed by atoms with Gasteiger partial charge in [-0.3, -0.25) is 5.43 Å². The number of rotatable bonds is 2. The van der Waals surface area contributed by atoms with Crippen molar-refractivity contribution in [3.8, 4) is 0 Å². The Labute approximate surface area is 126 Å². The van der Waals surface area contributed by atoms with Crippen LogP contribution in [0, 0.1) is 17.8 Å². The molecule has 4 aliphatic rings. The molecule has 5 rings (SSSR count). The topological polar surface area (TPSA) is 62.4 Å². The van der Waals surface area contributed by atoms with Crippen LogP contribution in [0.3, 0.4) is 0 Å². The molecule has 0 radical (unpaired) electrons. The van der Waals surface area contributed by atoms with Gasteiger partial charge >= 0.3 is 0 Å². The Balaban J connectivity index is 1.57. The summed E-state index contributed by atoms with van der Waals surface area (Å²) in [6.07, 6.45) is 8.06. The van der Waals surface area contributed by atoms with Gasteiger partial charge in [-0.2, -0.15) is 0 Å². The molecule has 21 heavy (non-hydrogen) atoms. The van der Waals surface area contributed by atoms with Crippen molar-refractivity contribution in [3.63, 3.8) is 0 Å². The van der Waals surface area contributed by atoms with Crippen molar-refractivity contribution < 1.29 is 0 Å². The number of nitrogens with zero attached hydrogens (tertiary/aromatic N) is 1. The fourth-order valence-corrected chi connectivity index (χ4v) is 5.19. The lowest BCUT2D eigenvalue weighted by molar-refractivity contribution is 0.00153. The Morgan fingerprint density at radius 3 is 2.10 bits per heavy atom. The first-order chi connectivity index (χ1) is 10.2. The smallest absolute Gasteiger partial charge is 0.210 e. The molecule has 4 aliphatic carbocycles. The summed E-state index contributed by atoms with van der Waals surface area (Å²) in [5.41, 5.74) is 3.93. The molecule has 0 spiro atoms. The molecule has 4 nitrogen and oxygen atoms in total. The third-order valence-electron chi connectivity index (χ3n) is 5.53. The van der Waals surface area contributed by atoms with E-state index in [0.29, 0.717) is 5.96 Å². The number of hydrazine groups is 1. The summed E-state index contributed by atoms with van der Waals surface area (Å²) >= 11 is 0. The van der Waals surface area contributed by atoms with Crippen LogP contribution in [0.1, 0.15) is 38.5 Å². The molecule has 4 bridgehead atoms. The van der Waals surface area contributed by atoms with Crippen LogP contribution in [-0.4, -0.2) is 11.5 Å². The standard InChI is InChI=1S/C17H24N4/c18-21-16(19-15-4-2-1-3-5-15)20-17-9-12-6-13(10-17)8-14(7-12)11-17/h1-5,12-14H,6-11,18H2,(H2,19,20,21). The van der Waals surface area contributed by atoms with Gasteiger partial charge in [-0.1, -0.05) is 18.2 Å². The largest absolute Gasteiger partial charge is 0.325 e. The second-order valence-electron chi connectivity index (χ2n) is 7.24. The first-order valence-corrected chi connectivity index (χ1v) is 8.13. The van der Waals surface area contributed by atoms with Gasteiger partial charge in [0, 0.05) is 5.69 Å². The maximum absolute atomic E-state index is 5.71. The van der Waals surface area contributed by atoms with Crippen LogP contribution in [0.4, 0.5) is 5.69 Å². The van der Waals surface area contributed by atoms with Crippen LogP contribution >= 0.6 is 0 Å². The van der Waals surface area contributed by atoms with Gasteiger partial charge in [0.15, 0.2) is 0 Å². The number of guanidine groups is 1. The van der Waals surface area contributed by atoms with E-state index in [4.69, 9.17) is 10.8 Å². The summed E-state index contributed by atoms with van der Waals surface area (Å²) in [6.45, 7) is 0. The molecule has 0 saturated heterocycles. The molecule has 0 amide bonds. The summed E-state index contributed by atoms with van der Waals surface area (Å²) in [7, 11) is 0. The summed E-state index contributed by atoms with van der Waals surface area (Å²) < 4.78 is 0. The van der Waals surface area contributed by atoms with Crippen molar-refractivity contribution in [1.82, 2.24) is 5.43 Å². The molecule has 4 heteroatoms. The van der Waals surface area contributed by atoms with Crippen LogP contribution in [0.5, 0.6) is 0 Å². The fourth-order valence-electron chi connectivity index (χ4n) is 5.19. The molecule has 112 valence electrons. The van der Waals surface area contributed by atoms with Gasteiger partial charge in [-0.15, -0.1) is 0 Å². The van der Waals surface area contributed by atoms with Crippen molar-refractivity contribution >= 4 is 11.6 Å². The Morgan fingerprint density at radius 1 is 1.00 bits per heavy atom. The average molecular weight is 284 g/mol. The number of nitrogens with two attached hydrogens (primary N) is 1. The third kappa shape index (κ3) is 2.53. The van der Waals surface area contributed by atoms with Gasteiger partial charge in [0.2, 0.25) is 5.96 Å². The minimum atomic E-state index is 0.137. The fraction of sp³-hybridized carbons (Fsp3) is 0.588. The highest BCUT2D eigenvalue weighted by molar-refractivity contribution is 5.93. The minimum Gasteiger partial charge on any atom is -0.325 e. The van der Waals surface area contributed by atoms with Gasteiger partial charge in [-0.05, 0) is 68.4 Å². The third-order valence-corrected chi connectivity index (χ3v) is 5.53. The molecule has 0 heterocycles. The number of benzene rings is 1. The van der Waals surface area contributed by atoms with Crippen molar-refractivity contribution in [2.45, 2.75) is 44.1 Å². The molecule has 4 fully saturated rings. The van der Waals surface area contributed by atoms with Crippen molar-refractivity contribution in [2.75, 3.05) is 5.32 Å². The van der Waals surface area contributed by atoms with Crippen LogP contribution < -0.4 is 16.6 Å². The van der Waals surface area contributed by atoms with Gasteiger partial charge < -0.3 is 5.32 Å². The van der Waals surface area contributed by atoms with Gasteiger partial charge in [-0.25, -0.2) is 10.8 Å². The SMILES string of the molecule is NNC(=NC12CC3CC(CC(C3)C1)C2)Nc1ccccc1. The number of anilines is 1. The van der Waals surface area contributed by atoms with Gasteiger partial charge in [0.1, 0.15) is 0 Å². The van der Waals surface area contributed by atoms with Crippen LogP contribution in [-0.2, 0) is 0 Å². The maximum Gasteiger partial charge on any atom is 0.210 e. The highest BCUT2D eigenvalue weighted by atomic mass is 15.3. The molecule has 1 aromatic carbocycles. The Morgan fingerprint density at radius 2 is 1.57 bits per heavy atom. The molecular formula is C17H24N4. The first-order valence-electron chi connectivity index (χ1n) is 8.13. The minimum absolute atomic E-state index is 0.137. The summed E-state index contributed by atoms with van der Waals surface area (Å²) in [5, 5.41) is 3.32. The molecule has 0 aliphatic heterocycles. The highest BCUT2D eigenvalue weighted by Crippen LogP contribution is 2.57. The zero-order chi connectivity index (χ0) is 14.3. The van der Waals surface area contributed by atoms with Crippen molar-refractivity contribution in [1.29, 1.82) is 0 Å². The molecule has 0 atom stereocenters. The lowest BCUT2D eigenvalue weighted by atomic mass is 9.53. The first kappa shape index (κ1) is 13.1. The van der Waals surface area contributed by atoms with E-state index in [1.165, 1.54) is 38.5 Å². The number of para-hydroxylation sites is 1. The maximum atomic E-state index is 5.71. The van der Waals surface area contributed by atoms with E-state index in [2.05, 4.69) is 10.7 Å². The number of nitrogens with one attached hydrogen (secondary N) is 2. The Hall–Kier alpha value is -1.55. The second kappa shape index (κ2) is 5.02. The van der Waals surface area contributed by atoms with E-state index in [-0.39, 0.29) is 5.54 Å².